The van der Waals surface area contributed by atoms with E-state index in [9.17, 15) is 9.59 Å². The summed E-state index contributed by atoms with van der Waals surface area (Å²) < 4.78 is 13.1. The first-order valence-corrected chi connectivity index (χ1v) is 12.7. The van der Waals surface area contributed by atoms with Crippen molar-refractivity contribution in [2.45, 2.75) is 63.1 Å². The summed E-state index contributed by atoms with van der Waals surface area (Å²) in [5.74, 6) is 0.856. The molecule has 7 heteroatoms. The number of nitrogens with zero attached hydrogens (tertiary/aromatic N) is 2. The molecule has 1 atom stereocenters. The SMILES string of the molecule is Cc1cc2oc(=O)cc(CSc3nc4ccccc4c(=O)n3CC3CCCO3)c2cc1C(C)C. The maximum absolute atomic E-state index is 13.4. The third-order valence-electron chi connectivity index (χ3n) is 6.43. The number of thioether (sulfide) groups is 1. The third-order valence-corrected chi connectivity index (χ3v) is 7.46. The first kappa shape index (κ1) is 22.9. The molecule has 4 aromatic rings. The van der Waals surface area contributed by atoms with Crippen LogP contribution in [0.5, 0.6) is 0 Å². The maximum atomic E-state index is 13.4. The fraction of sp³-hybridized carbons (Fsp3) is 0.370. The molecule has 0 spiro atoms. The average molecular weight is 477 g/mol. The van der Waals surface area contributed by atoms with Crippen molar-refractivity contribution in [1.29, 1.82) is 0 Å². The van der Waals surface area contributed by atoms with Crippen LogP contribution in [-0.4, -0.2) is 22.3 Å². The van der Waals surface area contributed by atoms with Crippen LogP contribution < -0.4 is 11.2 Å². The summed E-state index contributed by atoms with van der Waals surface area (Å²) in [7, 11) is 0. The van der Waals surface area contributed by atoms with Crippen molar-refractivity contribution >= 4 is 33.6 Å². The van der Waals surface area contributed by atoms with E-state index < -0.39 is 0 Å². The predicted molar refractivity (Wildman–Crippen MR) is 136 cm³/mol. The predicted octanol–water partition coefficient (Wildman–Crippen LogP) is 5.41. The highest BCUT2D eigenvalue weighted by atomic mass is 32.2. The number of ether oxygens (including phenoxy) is 1. The van der Waals surface area contributed by atoms with Crippen LogP contribution in [0.1, 0.15) is 49.3 Å². The van der Waals surface area contributed by atoms with Crippen molar-refractivity contribution in [1.82, 2.24) is 9.55 Å². The van der Waals surface area contributed by atoms with E-state index in [2.05, 4.69) is 19.9 Å². The molecule has 3 heterocycles. The van der Waals surface area contributed by atoms with E-state index >= 15 is 0 Å². The van der Waals surface area contributed by atoms with Crippen LogP contribution in [0.15, 0.2) is 61.6 Å². The minimum Gasteiger partial charge on any atom is -0.423 e. The van der Waals surface area contributed by atoms with Gasteiger partial charge in [-0.15, -0.1) is 0 Å². The summed E-state index contributed by atoms with van der Waals surface area (Å²) in [5.41, 5.74) is 4.05. The number of para-hydroxylation sites is 1. The van der Waals surface area contributed by atoms with Crippen molar-refractivity contribution in [2.24, 2.45) is 0 Å². The number of hydrogen-bond acceptors (Lipinski definition) is 6. The lowest BCUT2D eigenvalue weighted by Gasteiger charge is -2.17. The lowest BCUT2D eigenvalue weighted by molar-refractivity contribution is 0.0937. The van der Waals surface area contributed by atoms with Gasteiger partial charge in [0.1, 0.15) is 5.58 Å². The van der Waals surface area contributed by atoms with E-state index in [0.717, 1.165) is 36.0 Å². The number of hydrogen-bond donors (Lipinski definition) is 0. The molecule has 2 aromatic carbocycles. The molecule has 1 fully saturated rings. The summed E-state index contributed by atoms with van der Waals surface area (Å²) in [4.78, 5) is 30.5. The molecule has 5 rings (SSSR count). The van der Waals surface area contributed by atoms with Gasteiger partial charge in [0.2, 0.25) is 0 Å². The fourth-order valence-corrected chi connectivity index (χ4v) is 5.69. The van der Waals surface area contributed by atoms with Crippen LogP contribution in [0.3, 0.4) is 0 Å². The molecule has 0 saturated carbocycles. The van der Waals surface area contributed by atoms with Gasteiger partial charge < -0.3 is 9.15 Å². The van der Waals surface area contributed by atoms with E-state index in [4.69, 9.17) is 14.1 Å². The molecule has 34 heavy (non-hydrogen) atoms. The average Bonchev–Trinajstić information content (AvgIpc) is 3.32. The number of aryl methyl sites for hydroxylation is 1. The largest absolute Gasteiger partial charge is 0.423 e. The molecule has 1 saturated heterocycles. The van der Waals surface area contributed by atoms with Gasteiger partial charge in [-0.1, -0.05) is 37.7 Å². The maximum Gasteiger partial charge on any atom is 0.336 e. The summed E-state index contributed by atoms with van der Waals surface area (Å²) in [6.07, 6.45) is 1.96. The number of rotatable bonds is 6. The lowest BCUT2D eigenvalue weighted by Crippen LogP contribution is -2.28. The molecule has 1 aliphatic rings. The second-order valence-electron chi connectivity index (χ2n) is 9.20. The number of aromatic nitrogens is 2. The van der Waals surface area contributed by atoms with Crippen LogP contribution in [0.4, 0.5) is 0 Å². The van der Waals surface area contributed by atoms with Gasteiger partial charge in [-0.3, -0.25) is 9.36 Å². The lowest BCUT2D eigenvalue weighted by atomic mass is 9.95. The van der Waals surface area contributed by atoms with Crippen molar-refractivity contribution < 1.29 is 9.15 Å². The van der Waals surface area contributed by atoms with Gasteiger partial charge in [-0.2, -0.15) is 0 Å². The van der Waals surface area contributed by atoms with E-state index in [0.29, 0.717) is 39.9 Å². The van der Waals surface area contributed by atoms with Crippen molar-refractivity contribution in [3.63, 3.8) is 0 Å². The Morgan fingerprint density at radius 3 is 2.74 bits per heavy atom. The Kier molecular flexibility index (Phi) is 6.32. The van der Waals surface area contributed by atoms with Crippen LogP contribution in [0.2, 0.25) is 0 Å². The summed E-state index contributed by atoms with van der Waals surface area (Å²) >= 11 is 1.47. The van der Waals surface area contributed by atoms with Gasteiger partial charge in [-0.25, -0.2) is 9.78 Å². The second-order valence-corrected chi connectivity index (χ2v) is 10.1. The zero-order valence-electron chi connectivity index (χ0n) is 19.7. The Hall–Kier alpha value is -2.90. The van der Waals surface area contributed by atoms with Gasteiger partial charge in [0, 0.05) is 23.8 Å². The van der Waals surface area contributed by atoms with Crippen molar-refractivity contribution in [2.75, 3.05) is 6.61 Å². The topological polar surface area (TPSA) is 74.3 Å². The van der Waals surface area contributed by atoms with Gasteiger partial charge >= 0.3 is 5.63 Å². The number of benzene rings is 2. The zero-order chi connectivity index (χ0) is 23.8. The standard InChI is InChI=1S/C27H28N2O4S/c1-16(2)21-13-22-18(12-25(30)33-24(22)11-17(21)3)15-34-27-28-23-9-5-4-8-20(23)26(31)29(27)14-19-7-6-10-32-19/h4-5,8-9,11-13,16,19H,6-7,10,14-15H2,1-3H3. The minimum atomic E-state index is -0.372. The highest BCUT2D eigenvalue weighted by molar-refractivity contribution is 7.98. The zero-order valence-corrected chi connectivity index (χ0v) is 20.5. The van der Waals surface area contributed by atoms with Crippen molar-refractivity contribution in [3.05, 3.63) is 79.9 Å². The molecule has 0 radical (unpaired) electrons. The Morgan fingerprint density at radius 2 is 1.97 bits per heavy atom. The molecule has 0 N–H and O–H groups in total. The molecule has 176 valence electrons. The molecule has 1 unspecified atom stereocenters. The van der Waals surface area contributed by atoms with E-state index in [-0.39, 0.29) is 17.3 Å². The Morgan fingerprint density at radius 1 is 1.15 bits per heavy atom. The first-order valence-electron chi connectivity index (χ1n) is 11.7. The molecule has 0 amide bonds. The summed E-state index contributed by atoms with van der Waals surface area (Å²) in [5, 5.41) is 2.17. The summed E-state index contributed by atoms with van der Waals surface area (Å²) in [6, 6.07) is 13.1. The fourth-order valence-electron chi connectivity index (χ4n) is 4.69. The molecular formula is C27H28N2O4S. The molecule has 2 aromatic heterocycles. The molecule has 0 aliphatic carbocycles. The Balaban J connectivity index is 1.56. The second kappa shape index (κ2) is 9.39. The van der Waals surface area contributed by atoms with E-state index in [1.165, 1.54) is 17.3 Å². The van der Waals surface area contributed by atoms with E-state index in [1.807, 2.05) is 37.3 Å². The third kappa shape index (κ3) is 4.42. The van der Waals surface area contributed by atoms with Crippen LogP contribution in [-0.2, 0) is 17.0 Å². The van der Waals surface area contributed by atoms with Gasteiger partial charge in [0.05, 0.1) is 23.6 Å². The van der Waals surface area contributed by atoms with Crippen LogP contribution in [0.25, 0.3) is 21.9 Å². The van der Waals surface area contributed by atoms with Crippen molar-refractivity contribution in [3.8, 4) is 0 Å². The smallest absolute Gasteiger partial charge is 0.336 e. The van der Waals surface area contributed by atoms with E-state index in [1.54, 1.807) is 10.6 Å². The summed E-state index contributed by atoms with van der Waals surface area (Å²) in [6.45, 7) is 7.56. The molecular weight excluding hydrogens is 448 g/mol. The first-order chi connectivity index (χ1) is 16.4. The monoisotopic (exact) mass is 476 g/mol. The molecule has 0 bridgehead atoms. The highest BCUT2D eigenvalue weighted by Gasteiger charge is 2.21. The number of fused-ring (bicyclic) bond motifs is 2. The highest BCUT2D eigenvalue weighted by Crippen LogP contribution is 2.30. The Labute approximate surface area is 202 Å². The minimum absolute atomic E-state index is 0.0150. The van der Waals surface area contributed by atoms with Gasteiger partial charge in [0.25, 0.3) is 5.56 Å². The van der Waals surface area contributed by atoms with Crippen LogP contribution >= 0.6 is 11.8 Å². The normalized spacial score (nSPS) is 16.2. The Bertz CT molecular complexity index is 1480. The molecule has 1 aliphatic heterocycles. The van der Waals surface area contributed by atoms with Crippen LogP contribution in [0, 0.1) is 6.92 Å². The quantitative estimate of drug-likeness (QED) is 0.211. The molecule has 6 nitrogen and oxygen atoms in total. The van der Waals surface area contributed by atoms with Gasteiger partial charge in [0.15, 0.2) is 5.16 Å². The van der Waals surface area contributed by atoms with Gasteiger partial charge in [-0.05, 0) is 66.6 Å².